The van der Waals surface area contributed by atoms with Crippen LogP contribution in [0.15, 0.2) is 50.4 Å². The number of nitrogens with zero attached hydrogens (tertiary/aromatic N) is 2. The Labute approximate surface area is 186 Å². The third kappa shape index (κ3) is 4.94. The standard InChI is InChI=1S/C18H18Br2ClN3O3S/c19-13-6-4-12(5-7-13)11-24(16-3-1-2-8-22-18(16)25)28(26,27)14-9-15(20)17(21)23-10-14/h4-7,9-10,16H,1-3,8,11H2,(H,22,25). The van der Waals surface area contributed by atoms with Crippen LogP contribution in [0.2, 0.25) is 5.15 Å². The molecule has 0 saturated carbocycles. The molecule has 6 nitrogen and oxygen atoms in total. The van der Waals surface area contributed by atoms with Crippen LogP contribution < -0.4 is 5.32 Å². The molecule has 1 fully saturated rings. The summed E-state index contributed by atoms with van der Waals surface area (Å²) in [5.41, 5.74) is 0.782. The Morgan fingerprint density at radius 3 is 2.61 bits per heavy atom. The Kier molecular flexibility index (Phi) is 7.14. The molecule has 0 radical (unpaired) electrons. The second-order valence-corrected chi connectivity index (χ2v) is 10.4. The molecular weight excluding hydrogens is 534 g/mol. The summed E-state index contributed by atoms with van der Waals surface area (Å²) < 4.78 is 29.4. The van der Waals surface area contributed by atoms with E-state index in [1.54, 1.807) is 0 Å². The fraction of sp³-hybridized carbons (Fsp3) is 0.333. The van der Waals surface area contributed by atoms with Gasteiger partial charge >= 0.3 is 0 Å². The summed E-state index contributed by atoms with van der Waals surface area (Å²) in [6.45, 7) is 0.628. The van der Waals surface area contributed by atoms with Gasteiger partial charge in [-0.3, -0.25) is 4.79 Å². The van der Waals surface area contributed by atoms with E-state index in [1.807, 2.05) is 24.3 Å². The first-order valence-electron chi connectivity index (χ1n) is 8.64. The van der Waals surface area contributed by atoms with Gasteiger partial charge in [0.2, 0.25) is 15.9 Å². The van der Waals surface area contributed by atoms with E-state index in [0.29, 0.717) is 17.4 Å². The number of rotatable bonds is 5. The van der Waals surface area contributed by atoms with Gasteiger partial charge in [0, 0.05) is 23.8 Å². The minimum atomic E-state index is -3.99. The third-order valence-electron chi connectivity index (χ3n) is 4.48. The van der Waals surface area contributed by atoms with Crippen molar-refractivity contribution in [3.63, 3.8) is 0 Å². The summed E-state index contributed by atoms with van der Waals surface area (Å²) in [7, 11) is -3.99. The van der Waals surface area contributed by atoms with Gasteiger partial charge in [-0.05, 0) is 59.0 Å². The minimum Gasteiger partial charge on any atom is -0.355 e. The lowest BCUT2D eigenvalue weighted by Gasteiger charge is -2.29. The molecule has 2 aromatic rings. The molecule has 0 spiro atoms. The Morgan fingerprint density at radius 1 is 1.21 bits per heavy atom. The zero-order chi connectivity index (χ0) is 20.3. The van der Waals surface area contributed by atoms with Gasteiger partial charge in [-0.1, -0.05) is 39.7 Å². The maximum absolute atomic E-state index is 13.5. The number of aromatic nitrogens is 1. The topological polar surface area (TPSA) is 79.4 Å². The van der Waals surface area contributed by atoms with Gasteiger partial charge in [-0.15, -0.1) is 0 Å². The first-order chi connectivity index (χ1) is 13.3. The highest BCUT2D eigenvalue weighted by Gasteiger charge is 2.37. The van der Waals surface area contributed by atoms with Crippen molar-refractivity contribution in [3.8, 4) is 0 Å². The van der Waals surface area contributed by atoms with Gasteiger partial charge in [0.1, 0.15) is 16.1 Å². The lowest BCUT2D eigenvalue weighted by atomic mass is 10.1. The third-order valence-corrected chi connectivity index (χ3v) is 7.97. The highest BCUT2D eigenvalue weighted by atomic mass is 79.9. The Hall–Kier alpha value is -1.00. The molecule has 1 atom stereocenters. The molecule has 1 aromatic heterocycles. The van der Waals surface area contributed by atoms with Crippen LogP contribution in [0, 0.1) is 0 Å². The van der Waals surface area contributed by atoms with Crippen molar-refractivity contribution in [2.75, 3.05) is 6.54 Å². The molecular formula is C18H18Br2ClN3O3S. The number of benzene rings is 1. The van der Waals surface area contributed by atoms with Crippen molar-refractivity contribution in [3.05, 3.63) is 56.2 Å². The zero-order valence-electron chi connectivity index (χ0n) is 14.7. The molecule has 2 heterocycles. The zero-order valence-corrected chi connectivity index (χ0v) is 19.5. The molecule has 0 aliphatic carbocycles. The molecule has 3 rings (SSSR count). The lowest BCUT2D eigenvalue weighted by Crippen LogP contribution is -2.48. The summed E-state index contributed by atoms with van der Waals surface area (Å²) in [6, 6.07) is 7.97. The van der Waals surface area contributed by atoms with Crippen molar-refractivity contribution in [1.82, 2.24) is 14.6 Å². The summed E-state index contributed by atoms with van der Waals surface area (Å²) >= 11 is 12.5. The molecule has 0 bridgehead atoms. The van der Waals surface area contributed by atoms with Gasteiger partial charge in [0.05, 0.1) is 4.47 Å². The Bertz CT molecular complexity index is 971. The van der Waals surface area contributed by atoms with Gasteiger partial charge in [-0.25, -0.2) is 13.4 Å². The van der Waals surface area contributed by atoms with Crippen LogP contribution in [0.5, 0.6) is 0 Å². The van der Waals surface area contributed by atoms with Gasteiger partial charge in [0.25, 0.3) is 0 Å². The number of carbonyl (C=O) groups excluding carboxylic acids is 1. The summed E-state index contributed by atoms with van der Waals surface area (Å²) in [4.78, 5) is 16.5. The predicted molar refractivity (Wildman–Crippen MR) is 114 cm³/mol. The number of pyridine rings is 1. The minimum absolute atomic E-state index is 0.0158. The first-order valence-corrected chi connectivity index (χ1v) is 12.0. The van der Waals surface area contributed by atoms with Crippen molar-refractivity contribution >= 4 is 59.4 Å². The fourth-order valence-electron chi connectivity index (χ4n) is 3.01. The molecule has 10 heteroatoms. The van der Waals surface area contributed by atoms with E-state index in [1.165, 1.54) is 16.6 Å². The molecule has 1 saturated heterocycles. The van der Waals surface area contributed by atoms with Gasteiger partial charge in [-0.2, -0.15) is 4.31 Å². The molecule has 1 unspecified atom stereocenters. The average Bonchev–Trinajstić information content (AvgIpc) is 2.87. The van der Waals surface area contributed by atoms with Crippen LogP contribution in [-0.2, 0) is 21.4 Å². The van der Waals surface area contributed by atoms with Gasteiger partial charge < -0.3 is 5.32 Å². The number of amides is 1. The molecule has 1 aliphatic heterocycles. The number of sulfonamides is 1. The van der Waals surface area contributed by atoms with Crippen LogP contribution in [-0.4, -0.2) is 36.2 Å². The number of halogens is 3. The molecule has 1 N–H and O–H groups in total. The van der Waals surface area contributed by atoms with Gasteiger partial charge in [0.15, 0.2) is 0 Å². The summed E-state index contributed by atoms with van der Waals surface area (Å²) in [5, 5.41) is 2.99. The van der Waals surface area contributed by atoms with Crippen molar-refractivity contribution < 1.29 is 13.2 Å². The average molecular weight is 552 g/mol. The van der Waals surface area contributed by atoms with Crippen molar-refractivity contribution in [2.24, 2.45) is 0 Å². The second kappa shape index (κ2) is 9.21. The van der Waals surface area contributed by atoms with Crippen molar-refractivity contribution in [2.45, 2.75) is 36.7 Å². The van der Waals surface area contributed by atoms with Crippen LogP contribution in [0.25, 0.3) is 0 Å². The van der Waals surface area contributed by atoms with E-state index in [0.717, 1.165) is 22.9 Å². The number of nitrogens with one attached hydrogen (secondary N) is 1. The fourth-order valence-corrected chi connectivity index (χ4v) is 5.46. The maximum atomic E-state index is 13.5. The van der Waals surface area contributed by atoms with E-state index in [4.69, 9.17) is 11.6 Å². The second-order valence-electron chi connectivity index (χ2n) is 6.42. The van der Waals surface area contributed by atoms with Crippen LogP contribution in [0.4, 0.5) is 0 Å². The number of carbonyl (C=O) groups is 1. The predicted octanol–water partition coefficient (Wildman–Crippen LogP) is 4.12. The number of hydrogen-bond donors (Lipinski definition) is 1. The quantitative estimate of drug-likeness (QED) is 0.567. The molecule has 1 aromatic carbocycles. The molecule has 150 valence electrons. The van der Waals surface area contributed by atoms with E-state index < -0.39 is 16.1 Å². The van der Waals surface area contributed by atoms with Crippen LogP contribution in [0.1, 0.15) is 24.8 Å². The smallest absolute Gasteiger partial charge is 0.245 e. The highest BCUT2D eigenvalue weighted by Crippen LogP contribution is 2.28. The van der Waals surface area contributed by atoms with E-state index in [9.17, 15) is 13.2 Å². The van der Waals surface area contributed by atoms with Crippen molar-refractivity contribution in [1.29, 1.82) is 0 Å². The van der Waals surface area contributed by atoms with E-state index in [-0.39, 0.29) is 22.5 Å². The Balaban J connectivity index is 2.04. The normalized spacial score (nSPS) is 18.0. The van der Waals surface area contributed by atoms with Crippen LogP contribution in [0.3, 0.4) is 0 Å². The summed E-state index contributed by atoms with van der Waals surface area (Å²) in [5.74, 6) is -0.279. The number of hydrogen-bond acceptors (Lipinski definition) is 4. The maximum Gasteiger partial charge on any atom is 0.245 e. The Morgan fingerprint density at radius 2 is 1.93 bits per heavy atom. The molecule has 1 aliphatic rings. The first kappa shape index (κ1) is 21.7. The molecule has 28 heavy (non-hydrogen) atoms. The summed E-state index contributed by atoms with van der Waals surface area (Å²) in [6.07, 6.45) is 3.26. The molecule has 1 amide bonds. The largest absolute Gasteiger partial charge is 0.355 e. The lowest BCUT2D eigenvalue weighted by molar-refractivity contribution is -0.124. The monoisotopic (exact) mass is 549 g/mol. The van der Waals surface area contributed by atoms with Crippen LogP contribution >= 0.6 is 43.5 Å². The van der Waals surface area contributed by atoms with E-state index in [2.05, 4.69) is 42.2 Å². The van der Waals surface area contributed by atoms with E-state index >= 15 is 0 Å². The highest BCUT2D eigenvalue weighted by molar-refractivity contribution is 9.10. The SMILES string of the molecule is O=C1NCCCCC1N(Cc1ccc(Br)cc1)S(=O)(=O)c1cnc(Cl)c(Br)c1.